The van der Waals surface area contributed by atoms with Gasteiger partial charge in [-0.15, -0.1) is 0 Å². The van der Waals surface area contributed by atoms with Crippen LogP contribution in [0.5, 0.6) is 0 Å². The third-order valence-electron chi connectivity index (χ3n) is 5.96. The fourth-order valence-electron chi connectivity index (χ4n) is 4.78. The summed E-state index contributed by atoms with van der Waals surface area (Å²) in [6.45, 7) is 0. The van der Waals surface area contributed by atoms with Gasteiger partial charge in [0.1, 0.15) is 0 Å². The van der Waals surface area contributed by atoms with Crippen molar-refractivity contribution in [3.63, 3.8) is 0 Å². The number of hydrogen-bond donors (Lipinski definition) is 0. The Hall–Kier alpha value is -2.90. The molecule has 0 saturated heterocycles. The first-order valence-corrected chi connectivity index (χ1v) is 10.7. The minimum absolute atomic E-state index is 0.850. The normalized spacial score (nSPS) is 11.9. The molecule has 6 rings (SSSR count). The van der Waals surface area contributed by atoms with E-state index in [1.165, 1.54) is 59.8 Å². The van der Waals surface area contributed by atoms with Crippen LogP contribution in [-0.4, -0.2) is 0 Å². The van der Waals surface area contributed by atoms with Crippen LogP contribution >= 0.6 is 15.9 Å². The summed E-state index contributed by atoms with van der Waals surface area (Å²) in [4.78, 5) is 0. The van der Waals surface area contributed by atoms with Crippen molar-refractivity contribution in [3.05, 3.63) is 96.6 Å². The van der Waals surface area contributed by atoms with Gasteiger partial charge >= 0.3 is 0 Å². The van der Waals surface area contributed by atoms with Crippen molar-refractivity contribution >= 4 is 59.0 Å². The highest BCUT2D eigenvalue weighted by Gasteiger charge is 2.17. The molecule has 0 spiro atoms. The van der Waals surface area contributed by atoms with E-state index in [2.05, 4.69) is 107 Å². The van der Waals surface area contributed by atoms with Gasteiger partial charge in [-0.05, 0) is 59.8 Å². The van der Waals surface area contributed by atoms with E-state index < -0.39 is 0 Å². The molecule has 0 atom stereocenters. The van der Waals surface area contributed by atoms with Gasteiger partial charge in [-0.2, -0.15) is 0 Å². The van der Waals surface area contributed by atoms with Gasteiger partial charge in [0.15, 0.2) is 0 Å². The monoisotopic (exact) mass is 420 g/mol. The summed E-state index contributed by atoms with van der Waals surface area (Å²) in [7, 11) is 0. The first kappa shape index (κ1) is 16.1. The van der Waals surface area contributed by atoms with Crippen LogP contribution in [0.25, 0.3) is 54.2 Å². The van der Waals surface area contributed by atoms with Crippen molar-refractivity contribution in [2.75, 3.05) is 0 Å². The lowest BCUT2D eigenvalue weighted by molar-refractivity contribution is 1.44. The molecule has 0 aromatic heterocycles. The molecule has 0 aliphatic heterocycles. The van der Waals surface area contributed by atoms with Crippen molar-refractivity contribution in [1.29, 1.82) is 0 Å². The predicted octanol–water partition coefficient (Wildman–Crippen LogP) is 8.30. The van der Waals surface area contributed by atoms with Crippen LogP contribution in [0.15, 0.2) is 91.0 Å². The molecule has 1 heteroatoms. The zero-order chi connectivity index (χ0) is 18.7. The molecule has 6 aromatic carbocycles. The van der Waals surface area contributed by atoms with Crippen LogP contribution in [0.1, 0.15) is 5.56 Å². The number of halogens is 1. The lowest BCUT2D eigenvalue weighted by Gasteiger charge is -2.18. The van der Waals surface area contributed by atoms with Crippen LogP contribution in [0.2, 0.25) is 0 Å². The summed E-state index contributed by atoms with van der Waals surface area (Å²) in [6, 6.07) is 33.4. The lowest BCUT2D eigenvalue weighted by Crippen LogP contribution is -1.91. The highest BCUT2D eigenvalue weighted by Crippen LogP contribution is 2.44. The number of rotatable bonds is 2. The van der Waals surface area contributed by atoms with E-state index in [0.717, 1.165) is 5.33 Å². The number of benzene rings is 6. The number of hydrogen-bond acceptors (Lipinski definition) is 0. The van der Waals surface area contributed by atoms with E-state index in [-0.39, 0.29) is 0 Å². The second kappa shape index (κ2) is 6.05. The molecule has 132 valence electrons. The Morgan fingerprint density at radius 2 is 1.11 bits per heavy atom. The Bertz CT molecular complexity index is 1490. The minimum atomic E-state index is 0.850. The van der Waals surface area contributed by atoms with E-state index >= 15 is 0 Å². The summed E-state index contributed by atoms with van der Waals surface area (Å²) in [5, 5.41) is 11.6. The van der Waals surface area contributed by atoms with Crippen LogP contribution in [0.4, 0.5) is 0 Å². The van der Waals surface area contributed by atoms with Gasteiger partial charge < -0.3 is 0 Å². The van der Waals surface area contributed by atoms with E-state index in [9.17, 15) is 0 Å². The van der Waals surface area contributed by atoms with Crippen LogP contribution in [-0.2, 0) is 5.33 Å². The van der Waals surface area contributed by atoms with Gasteiger partial charge in [0.25, 0.3) is 0 Å². The summed E-state index contributed by atoms with van der Waals surface area (Å²) in [6.07, 6.45) is 0. The highest BCUT2D eigenvalue weighted by atomic mass is 79.9. The Labute approximate surface area is 171 Å². The molecular formula is C27H17Br. The molecule has 0 N–H and O–H groups in total. The van der Waals surface area contributed by atoms with Crippen LogP contribution < -0.4 is 0 Å². The number of alkyl halides is 1. The van der Waals surface area contributed by atoms with Crippen LogP contribution in [0.3, 0.4) is 0 Å². The summed E-state index contributed by atoms with van der Waals surface area (Å²) in [5.41, 5.74) is 3.95. The average Bonchev–Trinajstić information content (AvgIpc) is 2.77. The molecule has 0 saturated carbocycles. The topological polar surface area (TPSA) is 0 Å². The largest absolute Gasteiger partial charge is 0.0876 e. The molecule has 0 unspecified atom stereocenters. The van der Waals surface area contributed by atoms with E-state index in [1.807, 2.05) is 0 Å². The van der Waals surface area contributed by atoms with Crippen LogP contribution in [0, 0.1) is 0 Å². The maximum Gasteiger partial charge on any atom is 0.0289 e. The van der Waals surface area contributed by atoms with Crippen molar-refractivity contribution in [2.45, 2.75) is 5.33 Å². The van der Waals surface area contributed by atoms with Gasteiger partial charge in [-0.3, -0.25) is 0 Å². The standard InChI is InChI=1S/C27H17Br/c28-16-19-6-1-2-10-20(19)23-15-14-18-9-4-12-22-21-11-3-7-17-8-5-13-24(25(17)21)27(23)26(18)22/h1-15H,16H2. The fourth-order valence-corrected chi connectivity index (χ4v) is 5.27. The summed E-state index contributed by atoms with van der Waals surface area (Å²) in [5.74, 6) is 0. The average molecular weight is 421 g/mol. The highest BCUT2D eigenvalue weighted by molar-refractivity contribution is 9.08. The Morgan fingerprint density at radius 1 is 0.464 bits per heavy atom. The Morgan fingerprint density at radius 3 is 1.86 bits per heavy atom. The predicted molar refractivity (Wildman–Crippen MR) is 126 cm³/mol. The van der Waals surface area contributed by atoms with Gasteiger partial charge in [-0.25, -0.2) is 0 Å². The zero-order valence-corrected chi connectivity index (χ0v) is 16.8. The van der Waals surface area contributed by atoms with Crippen molar-refractivity contribution in [3.8, 4) is 11.1 Å². The molecule has 0 fully saturated rings. The molecular weight excluding hydrogens is 404 g/mol. The summed E-state index contributed by atoms with van der Waals surface area (Å²) >= 11 is 3.69. The molecule has 0 nitrogen and oxygen atoms in total. The second-order valence-corrected chi connectivity index (χ2v) is 7.95. The third-order valence-corrected chi connectivity index (χ3v) is 6.57. The maximum absolute atomic E-state index is 3.69. The first-order chi connectivity index (χ1) is 13.9. The third kappa shape index (κ3) is 2.11. The Balaban J connectivity index is 1.95. The van der Waals surface area contributed by atoms with E-state index in [1.54, 1.807) is 0 Å². The smallest absolute Gasteiger partial charge is 0.0289 e. The van der Waals surface area contributed by atoms with Gasteiger partial charge in [0.05, 0.1) is 0 Å². The van der Waals surface area contributed by atoms with Gasteiger partial charge in [-0.1, -0.05) is 107 Å². The molecule has 0 aliphatic carbocycles. The maximum atomic E-state index is 3.69. The SMILES string of the molecule is BrCc1ccccc1-c1ccc2cccc3c4cccc5cccc(c1c23)c54. The molecule has 0 bridgehead atoms. The quantitative estimate of drug-likeness (QED) is 0.150. The molecule has 6 aromatic rings. The van der Waals surface area contributed by atoms with Gasteiger partial charge in [0.2, 0.25) is 0 Å². The number of fused-ring (bicyclic) bond motifs is 2. The lowest BCUT2D eigenvalue weighted by atomic mass is 9.85. The first-order valence-electron chi connectivity index (χ1n) is 9.59. The van der Waals surface area contributed by atoms with Gasteiger partial charge in [0, 0.05) is 5.33 Å². The van der Waals surface area contributed by atoms with E-state index in [4.69, 9.17) is 0 Å². The van der Waals surface area contributed by atoms with Crippen molar-refractivity contribution in [1.82, 2.24) is 0 Å². The Kier molecular flexibility index (Phi) is 3.48. The molecule has 0 amide bonds. The zero-order valence-electron chi connectivity index (χ0n) is 15.2. The minimum Gasteiger partial charge on any atom is -0.0876 e. The molecule has 0 aliphatic rings. The summed E-state index contributed by atoms with van der Waals surface area (Å²) < 4.78 is 0. The molecule has 28 heavy (non-hydrogen) atoms. The molecule has 0 heterocycles. The fraction of sp³-hybridized carbons (Fsp3) is 0.0370. The van der Waals surface area contributed by atoms with Crippen molar-refractivity contribution in [2.24, 2.45) is 0 Å². The van der Waals surface area contributed by atoms with E-state index in [0.29, 0.717) is 0 Å². The molecule has 0 radical (unpaired) electrons. The van der Waals surface area contributed by atoms with Crippen molar-refractivity contribution < 1.29 is 0 Å². The second-order valence-electron chi connectivity index (χ2n) is 7.39.